The van der Waals surface area contributed by atoms with E-state index in [1.165, 1.54) is 5.56 Å². The molecule has 0 saturated carbocycles. The van der Waals surface area contributed by atoms with Crippen molar-refractivity contribution in [2.45, 2.75) is 46.2 Å². The van der Waals surface area contributed by atoms with Crippen LogP contribution in [0, 0.1) is 19.8 Å². The van der Waals surface area contributed by atoms with Crippen LogP contribution in [0.4, 0.5) is 5.69 Å². The summed E-state index contributed by atoms with van der Waals surface area (Å²) in [5, 5.41) is 6.09. The Bertz CT molecular complexity index is 842. The van der Waals surface area contributed by atoms with E-state index < -0.39 is 0 Å². The highest BCUT2D eigenvalue weighted by molar-refractivity contribution is 5.95. The van der Waals surface area contributed by atoms with E-state index in [-0.39, 0.29) is 23.8 Å². The number of hydrogen-bond donors (Lipinski definition) is 2. The average molecular weight is 394 g/mol. The zero-order valence-corrected chi connectivity index (χ0v) is 17.6. The van der Waals surface area contributed by atoms with Crippen LogP contribution in [0.15, 0.2) is 48.5 Å². The third-order valence-electron chi connectivity index (χ3n) is 5.78. The number of carbonyl (C=O) groups is 2. The van der Waals surface area contributed by atoms with Gasteiger partial charge in [0.15, 0.2) is 0 Å². The third-order valence-corrected chi connectivity index (χ3v) is 5.78. The normalized spacial score (nSPS) is 16.2. The number of likely N-dealkylation sites (tertiary alicyclic amines) is 1. The third kappa shape index (κ3) is 5.67. The smallest absolute Gasteiger partial charge is 0.241 e. The molecule has 1 aliphatic heterocycles. The van der Waals surface area contributed by atoms with Gasteiger partial charge in [0.2, 0.25) is 11.8 Å². The maximum Gasteiger partial charge on any atom is 0.241 e. The lowest BCUT2D eigenvalue weighted by atomic mass is 9.94. The average Bonchev–Trinajstić information content (AvgIpc) is 2.74. The molecular formula is C24H31N3O2. The maximum absolute atomic E-state index is 12.7. The van der Waals surface area contributed by atoms with Crippen LogP contribution in [0.25, 0.3) is 0 Å². The monoisotopic (exact) mass is 393 g/mol. The predicted molar refractivity (Wildman–Crippen MR) is 117 cm³/mol. The number of nitrogens with zero attached hydrogens (tertiary/aromatic N) is 1. The van der Waals surface area contributed by atoms with Crippen molar-refractivity contribution in [3.63, 3.8) is 0 Å². The van der Waals surface area contributed by atoms with E-state index in [1.54, 1.807) is 0 Å². The first-order valence-corrected chi connectivity index (χ1v) is 10.4. The molecule has 2 aromatic rings. The fourth-order valence-electron chi connectivity index (χ4n) is 3.84. The molecular weight excluding hydrogens is 362 g/mol. The van der Waals surface area contributed by atoms with Crippen LogP contribution >= 0.6 is 0 Å². The topological polar surface area (TPSA) is 61.4 Å². The number of hydrogen-bond acceptors (Lipinski definition) is 3. The second kappa shape index (κ2) is 9.70. The molecule has 0 bridgehead atoms. The summed E-state index contributed by atoms with van der Waals surface area (Å²) < 4.78 is 0. The Kier molecular flexibility index (Phi) is 7.04. The van der Waals surface area contributed by atoms with Gasteiger partial charge in [-0.15, -0.1) is 0 Å². The maximum atomic E-state index is 12.7. The summed E-state index contributed by atoms with van der Waals surface area (Å²) in [6.45, 7) is 8.06. The summed E-state index contributed by atoms with van der Waals surface area (Å²) in [4.78, 5) is 27.3. The van der Waals surface area contributed by atoms with E-state index in [9.17, 15) is 9.59 Å². The van der Waals surface area contributed by atoms with E-state index >= 15 is 0 Å². The summed E-state index contributed by atoms with van der Waals surface area (Å²) in [5.74, 6) is 0.134. The van der Waals surface area contributed by atoms with Gasteiger partial charge in [0.1, 0.15) is 0 Å². The molecule has 1 atom stereocenters. The van der Waals surface area contributed by atoms with Gasteiger partial charge in [-0.05, 0) is 63.9 Å². The van der Waals surface area contributed by atoms with Crippen LogP contribution in [0.1, 0.15) is 36.5 Å². The minimum atomic E-state index is -0.218. The Labute approximate surface area is 173 Å². The SMILES string of the molecule is Cc1ccc(NC(=O)[C@@H](C)N2CCC(C(=O)NCc3ccccc3)CC2)c(C)c1. The summed E-state index contributed by atoms with van der Waals surface area (Å²) in [5.41, 5.74) is 4.22. The summed E-state index contributed by atoms with van der Waals surface area (Å²) in [6, 6.07) is 15.8. The molecule has 154 valence electrons. The van der Waals surface area contributed by atoms with Crippen molar-refractivity contribution < 1.29 is 9.59 Å². The Balaban J connectivity index is 1.46. The first-order chi connectivity index (χ1) is 13.9. The van der Waals surface area contributed by atoms with Gasteiger partial charge in [-0.25, -0.2) is 0 Å². The van der Waals surface area contributed by atoms with Crippen LogP contribution < -0.4 is 10.6 Å². The van der Waals surface area contributed by atoms with E-state index in [2.05, 4.69) is 21.6 Å². The molecule has 0 aromatic heterocycles. The van der Waals surface area contributed by atoms with Gasteiger partial charge in [0, 0.05) is 18.2 Å². The number of piperidine rings is 1. The molecule has 5 nitrogen and oxygen atoms in total. The predicted octanol–water partition coefficient (Wildman–Crippen LogP) is 3.66. The second-order valence-corrected chi connectivity index (χ2v) is 8.00. The van der Waals surface area contributed by atoms with E-state index in [0.29, 0.717) is 6.54 Å². The zero-order chi connectivity index (χ0) is 20.8. The molecule has 1 saturated heterocycles. The number of benzene rings is 2. The molecule has 0 unspecified atom stereocenters. The Morgan fingerprint density at radius 3 is 2.41 bits per heavy atom. The molecule has 1 fully saturated rings. The second-order valence-electron chi connectivity index (χ2n) is 8.00. The quantitative estimate of drug-likeness (QED) is 0.787. The highest BCUT2D eigenvalue weighted by Crippen LogP contribution is 2.21. The van der Waals surface area contributed by atoms with Gasteiger partial charge in [-0.1, -0.05) is 48.0 Å². The molecule has 3 rings (SSSR count). The van der Waals surface area contributed by atoms with Crippen molar-refractivity contribution in [2.75, 3.05) is 18.4 Å². The van der Waals surface area contributed by atoms with Crippen molar-refractivity contribution in [1.82, 2.24) is 10.2 Å². The summed E-state index contributed by atoms with van der Waals surface area (Å²) in [6.07, 6.45) is 1.56. The van der Waals surface area contributed by atoms with Crippen molar-refractivity contribution in [3.05, 3.63) is 65.2 Å². The van der Waals surface area contributed by atoms with Crippen LogP contribution in [-0.4, -0.2) is 35.8 Å². The summed E-state index contributed by atoms with van der Waals surface area (Å²) in [7, 11) is 0. The fourth-order valence-corrected chi connectivity index (χ4v) is 3.84. The Morgan fingerprint density at radius 2 is 1.76 bits per heavy atom. The fraction of sp³-hybridized carbons (Fsp3) is 0.417. The van der Waals surface area contributed by atoms with Gasteiger partial charge < -0.3 is 10.6 Å². The lowest BCUT2D eigenvalue weighted by Gasteiger charge is -2.34. The number of anilines is 1. The van der Waals surface area contributed by atoms with Gasteiger partial charge in [0.25, 0.3) is 0 Å². The van der Waals surface area contributed by atoms with Crippen molar-refractivity contribution in [2.24, 2.45) is 5.92 Å². The lowest BCUT2D eigenvalue weighted by Crippen LogP contribution is -2.48. The van der Waals surface area contributed by atoms with Crippen LogP contribution in [0.5, 0.6) is 0 Å². The van der Waals surface area contributed by atoms with Crippen molar-refractivity contribution in [3.8, 4) is 0 Å². The van der Waals surface area contributed by atoms with Crippen LogP contribution in [0.2, 0.25) is 0 Å². The van der Waals surface area contributed by atoms with Crippen molar-refractivity contribution in [1.29, 1.82) is 0 Å². The molecule has 0 spiro atoms. The van der Waals surface area contributed by atoms with E-state index in [1.807, 2.05) is 63.2 Å². The van der Waals surface area contributed by atoms with Crippen molar-refractivity contribution >= 4 is 17.5 Å². The van der Waals surface area contributed by atoms with Crippen LogP contribution in [-0.2, 0) is 16.1 Å². The number of carbonyl (C=O) groups excluding carboxylic acids is 2. The number of rotatable bonds is 6. The highest BCUT2D eigenvalue weighted by Gasteiger charge is 2.29. The molecule has 0 aliphatic carbocycles. The molecule has 5 heteroatoms. The van der Waals surface area contributed by atoms with Gasteiger partial charge >= 0.3 is 0 Å². The largest absolute Gasteiger partial charge is 0.352 e. The molecule has 2 amide bonds. The minimum Gasteiger partial charge on any atom is -0.352 e. The lowest BCUT2D eigenvalue weighted by molar-refractivity contribution is -0.127. The molecule has 1 aliphatic rings. The number of aryl methyl sites for hydroxylation is 2. The van der Waals surface area contributed by atoms with Crippen LogP contribution in [0.3, 0.4) is 0 Å². The highest BCUT2D eigenvalue weighted by atomic mass is 16.2. The zero-order valence-electron chi connectivity index (χ0n) is 17.6. The summed E-state index contributed by atoms with van der Waals surface area (Å²) >= 11 is 0. The van der Waals surface area contributed by atoms with Gasteiger partial charge in [0.05, 0.1) is 6.04 Å². The molecule has 1 heterocycles. The number of amides is 2. The van der Waals surface area contributed by atoms with Gasteiger partial charge in [-0.2, -0.15) is 0 Å². The molecule has 29 heavy (non-hydrogen) atoms. The van der Waals surface area contributed by atoms with E-state index in [0.717, 1.165) is 42.7 Å². The standard InChI is InChI=1S/C24H31N3O2/c1-17-9-10-22(18(2)15-17)26-23(28)19(3)27-13-11-21(12-14-27)24(29)25-16-20-7-5-4-6-8-20/h4-10,15,19,21H,11-14,16H2,1-3H3,(H,25,29)(H,26,28)/t19-/m1/s1. The Morgan fingerprint density at radius 1 is 1.07 bits per heavy atom. The first-order valence-electron chi connectivity index (χ1n) is 10.4. The molecule has 2 aromatic carbocycles. The first kappa shape index (κ1) is 21.1. The minimum absolute atomic E-state index is 0.00364. The Hall–Kier alpha value is -2.66. The molecule has 2 N–H and O–H groups in total. The van der Waals surface area contributed by atoms with E-state index in [4.69, 9.17) is 0 Å². The molecule has 0 radical (unpaired) electrons. The number of nitrogens with one attached hydrogen (secondary N) is 2. The van der Waals surface area contributed by atoms with Gasteiger partial charge in [-0.3, -0.25) is 14.5 Å².